The first-order chi connectivity index (χ1) is 6.84. The molecule has 1 unspecified atom stereocenters. The lowest BCUT2D eigenvalue weighted by molar-refractivity contribution is 0.187. The third kappa shape index (κ3) is 2.42. The van der Waals surface area contributed by atoms with Gasteiger partial charge in [-0.3, -0.25) is 4.98 Å². The summed E-state index contributed by atoms with van der Waals surface area (Å²) in [7, 11) is 0. The number of nitrogens with zero attached hydrogens (tertiary/aromatic N) is 2. The van der Waals surface area contributed by atoms with E-state index >= 15 is 0 Å². The highest BCUT2D eigenvalue weighted by Crippen LogP contribution is 2.12. The molecular formula is C10H15N3O. The van der Waals surface area contributed by atoms with Gasteiger partial charge >= 0.3 is 0 Å². The molecule has 1 aromatic rings. The number of hydrogen-bond acceptors (Lipinski definition) is 4. The predicted octanol–water partition coefficient (Wildman–Crippen LogP) is 1.23. The SMILES string of the molecule is Cc1cncc(NCC2CCOC2)n1. The van der Waals surface area contributed by atoms with Gasteiger partial charge in [0.25, 0.3) is 0 Å². The molecule has 14 heavy (non-hydrogen) atoms. The molecule has 4 nitrogen and oxygen atoms in total. The van der Waals surface area contributed by atoms with E-state index in [-0.39, 0.29) is 0 Å². The molecule has 4 heteroatoms. The number of hydrogen-bond donors (Lipinski definition) is 1. The van der Waals surface area contributed by atoms with Crippen LogP contribution >= 0.6 is 0 Å². The van der Waals surface area contributed by atoms with E-state index < -0.39 is 0 Å². The van der Waals surface area contributed by atoms with Gasteiger partial charge in [0.15, 0.2) is 0 Å². The molecular weight excluding hydrogens is 178 g/mol. The minimum absolute atomic E-state index is 0.623. The van der Waals surface area contributed by atoms with Crippen molar-refractivity contribution in [2.75, 3.05) is 25.1 Å². The van der Waals surface area contributed by atoms with Crippen LogP contribution in [0.25, 0.3) is 0 Å². The van der Waals surface area contributed by atoms with Gasteiger partial charge in [-0.25, -0.2) is 4.98 Å². The first kappa shape index (κ1) is 9.40. The highest BCUT2D eigenvalue weighted by atomic mass is 16.5. The van der Waals surface area contributed by atoms with Crippen LogP contribution in [0.5, 0.6) is 0 Å². The van der Waals surface area contributed by atoms with Crippen LogP contribution in [0.2, 0.25) is 0 Å². The van der Waals surface area contributed by atoms with Crippen LogP contribution in [0.15, 0.2) is 12.4 Å². The van der Waals surface area contributed by atoms with Gasteiger partial charge in [-0.1, -0.05) is 0 Å². The summed E-state index contributed by atoms with van der Waals surface area (Å²) in [6, 6.07) is 0. The van der Waals surface area contributed by atoms with Crippen molar-refractivity contribution in [3.63, 3.8) is 0 Å². The quantitative estimate of drug-likeness (QED) is 0.784. The van der Waals surface area contributed by atoms with E-state index in [1.165, 1.54) is 0 Å². The van der Waals surface area contributed by atoms with Crippen molar-refractivity contribution < 1.29 is 4.74 Å². The van der Waals surface area contributed by atoms with E-state index in [1.807, 2.05) is 6.92 Å². The third-order valence-electron chi connectivity index (χ3n) is 2.35. The predicted molar refractivity (Wildman–Crippen MR) is 54.2 cm³/mol. The van der Waals surface area contributed by atoms with E-state index in [9.17, 15) is 0 Å². The number of rotatable bonds is 3. The first-order valence-electron chi connectivity index (χ1n) is 4.95. The summed E-state index contributed by atoms with van der Waals surface area (Å²) < 4.78 is 5.29. The number of anilines is 1. The molecule has 1 aliphatic rings. The van der Waals surface area contributed by atoms with E-state index in [1.54, 1.807) is 12.4 Å². The normalized spacial score (nSPS) is 21.1. The van der Waals surface area contributed by atoms with E-state index in [0.29, 0.717) is 5.92 Å². The molecule has 0 aromatic carbocycles. The minimum Gasteiger partial charge on any atom is -0.381 e. The Morgan fingerprint density at radius 2 is 2.50 bits per heavy atom. The summed E-state index contributed by atoms with van der Waals surface area (Å²) in [4.78, 5) is 8.39. The summed E-state index contributed by atoms with van der Waals surface area (Å²) in [6.07, 6.45) is 4.65. The van der Waals surface area contributed by atoms with Crippen LogP contribution in [0.4, 0.5) is 5.82 Å². The van der Waals surface area contributed by atoms with Crippen molar-refractivity contribution in [3.8, 4) is 0 Å². The Labute approximate surface area is 83.7 Å². The number of aromatic nitrogens is 2. The van der Waals surface area contributed by atoms with Crippen molar-refractivity contribution in [2.45, 2.75) is 13.3 Å². The number of aryl methyl sites for hydroxylation is 1. The lowest BCUT2D eigenvalue weighted by atomic mass is 10.1. The Bertz CT molecular complexity index is 297. The second-order valence-corrected chi connectivity index (χ2v) is 3.66. The van der Waals surface area contributed by atoms with E-state index in [2.05, 4.69) is 15.3 Å². The summed E-state index contributed by atoms with van der Waals surface area (Å²) in [6.45, 7) is 4.63. The van der Waals surface area contributed by atoms with Gasteiger partial charge < -0.3 is 10.1 Å². The van der Waals surface area contributed by atoms with Gasteiger partial charge in [0.2, 0.25) is 0 Å². The van der Waals surface area contributed by atoms with Crippen LogP contribution < -0.4 is 5.32 Å². The second-order valence-electron chi connectivity index (χ2n) is 3.66. The van der Waals surface area contributed by atoms with Crippen molar-refractivity contribution in [2.24, 2.45) is 5.92 Å². The second kappa shape index (κ2) is 4.37. The zero-order valence-electron chi connectivity index (χ0n) is 8.36. The molecule has 0 aliphatic carbocycles. The van der Waals surface area contributed by atoms with E-state index in [4.69, 9.17) is 4.74 Å². The fraction of sp³-hybridized carbons (Fsp3) is 0.600. The van der Waals surface area contributed by atoms with Gasteiger partial charge in [-0.2, -0.15) is 0 Å². The highest BCUT2D eigenvalue weighted by molar-refractivity contribution is 5.31. The zero-order valence-corrected chi connectivity index (χ0v) is 8.36. The largest absolute Gasteiger partial charge is 0.381 e. The summed E-state index contributed by atoms with van der Waals surface area (Å²) in [5.41, 5.74) is 0.942. The Hall–Kier alpha value is -1.16. The molecule has 0 bridgehead atoms. The third-order valence-corrected chi connectivity index (χ3v) is 2.35. The van der Waals surface area contributed by atoms with E-state index in [0.717, 1.165) is 37.7 Å². The zero-order chi connectivity index (χ0) is 9.80. The average Bonchev–Trinajstić information content (AvgIpc) is 2.67. The summed E-state index contributed by atoms with van der Waals surface area (Å²) >= 11 is 0. The standard InChI is InChI=1S/C10H15N3O/c1-8-4-11-6-10(13-8)12-5-9-2-3-14-7-9/h4,6,9H,2-3,5,7H2,1H3,(H,12,13). The first-order valence-corrected chi connectivity index (χ1v) is 4.95. The molecule has 0 amide bonds. The lowest BCUT2D eigenvalue weighted by Gasteiger charge is -2.09. The molecule has 0 radical (unpaired) electrons. The molecule has 1 aliphatic heterocycles. The van der Waals surface area contributed by atoms with Crippen LogP contribution in [0.3, 0.4) is 0 Å². The van der Waals surface area contributed by atoms with Gasteiger partial charge in [0.05, 0.1) is 18.5 Å². The topological polar surface area (TPSA) is 47.0 Å². The molecule has 0 saturated carbocycles. The van der Waals surface area contributed by atoms with Gasteiger partial charge in [0.1, 0.15) is 5.82 Å². The summed E-state index contributed by atoms with van der Waals surface area (Å²) in [5.74, 6) is 1.48. The molecule has 0 spiro atoms. The van der Waals surface area contributed by atoms with Crippen molar-refractivity contribution >= 4 is 5.82 Å². The Kier molecular flexibility index (Phi) is 2.93. The summed E-state index contributed by atoms with van der Waals surface area (Å²) in [5, 5.41) is 3.27. The van der Waals surface area contributed by atoms with Crippen LogP contribution in [-0.2, 0) is 4.74 Å². The fourth-order valence-corrected chi connectivity index (χ4v) is 1.54. The van der Waals surface area contributed by atoms with Gasteiger partial charge in [-0.05, 0) is 13.3 Å². The molecule has 1 saturated heterocycles. The monoisotopic (exact) mass is 193 g/mol. The number of ether oxygens (including phenoxy) is 1. The maximum atomic E-state index is 5.29. The molecule has 2 rings (SSSR count). The molecule has 1 fully saturated rings. The maximum Gasteiger partial charge on any atom is 0.144 e. The molecule has 76 valence electrons. The van der Waals surface area contributed by atoms with Gasteiger partial charge in [-0.15, -0.1) is 0 Å². The smallest absolute Gasteiger partial charge is 0.144 e. The van der Waals surface area contributed by atoms with Crippen molar-refractivity contribution in [3.05, 3.63) is 18.1 Å². The maximum absolute atomic E-state index is 5.29. The molecule has 1 aromatic heterocycles. The Balaban J connectivity index is 1.85. The Morgan fingerprint density at radius 1 is 1.57 bits per heavy atom. The molecule has 1 N–H and O–H groups in total. The van der Waals surface area contributed by atoms with Gasteiger partial charge in [0, 0.05) is 25.3 Å². The number of nitrogens with one attached hydrogen (secondary N) is 1. The molecule has 1 atom stereocenters. The van der Waals surface area contributed by atoms with Crippen LogP contribution in [0, 0.1) is 12.8 Å². The van der Waals surface area contributed by atoms with Crippen molar-refractivity contribution in [1.29, 1.82) is 0 Å². The fourth-order valence-electron chi connectivity index (χ4n) is 1.54. The van der Waals surface area contributed by atoms with Crippen LogP contribution in [0.1, 0.15) is 12.1 Å². The minimum atomic E-state index is 0.623. The van der Waals surface area contributed by atoms with Crippen molar-refractivity contribution in [1.82, 2.24) is 9.97 Å². The average molecular weight is 193 g/mol. The van der Waals surface area contributed by atoms with Crippen LogP contribution in [-0.4, -0.2) is 29.7 Å². The Morgan fingerprint density at radius 3 is 3.21 bits per heavy atom. The lowest BCUT2D eigenvalue weighted by Crippen LogP contribution is -2.15. The highest BCUT2D eigenvalue weighted by Gasteiger charge is 2.14. The molecule has 2 heterocycles.